The fourth-order valence-corrected chi connectivity index (χ4v) is 4.29. The van der Waals surface area contributed by atoms with Crippen molar-refractivity contribution in [1.82, 2.24) is 29.7 Å². The quantitative estimate of drug-likeness (QED) is 0.517. The Hall–Kier alpha value is -3.27. The Morgan fingerprint density at radius 2 is 1.76 bits per heavy atom. The molecule has 2 aliphatic rings. The zero-order valence-electron chi connectivity index (χ0n) is 19.9. The van der Waals surface area contributed by atoms with Gasteiger partial charge in [-0.15, -0.1) is 0 Å². The fourth-order valence-electron chi connectivity index (χ4n) is 4.29. The number of aromatic nitrogens is 2. The Morgan fingerprint density at radius 1 is 1.03 bits per heavy atom. The van der Waals surface area contributed by atoms with Crippen LogP contribution in [0.3, 0.4) is 0 Å². The molecule has 0 atom stereocenters. The Bertz CT molecular complexity index is 1010. The molecule has 2 aromatic rings. The van der Waals surface area contributed by atoms with Crippen LogP contribution in [0, 0.1) is 6.92 Å². The van der Waals surface area contributed by atoms with Gasteiger partial charge in [0.15, 0.2) is 0 Å². The predicted molar refractivity (Wildman–Crippen MR) is 125 cm³/mol. The van der Waals surface area contributed by atoms with E-state index in [1.54, 1.807) is 7.05 Å². The topological polar surface area (TPSA) is 103 Å². The molecule has 4 amide bonds. The van der Waals surface area contributed by atoms with Gasteiger partial charge in [-0.25, -0.2) is 4.79 Å². The lowest BCUT2D eigenvalue weighted by atomic mass is 10.1. The molecule has 182 valence electrons. The minimum absolute atomic E-state index is 0.0848. The van der Waals surface area contributed by atoms with Gasteiger partial charge in [0, 0.05) is 58.2 Å². The second-order valence-electron chi connectivity index (χ2n) is 8.99. The van der Waals surface area contributed by atoms with E-state index in [1.165, 1.54) is 15.4 Å². The van der Waals surface area contributed by atoms with E-state index >= 15 is 0 Å². The molecule has 0 aliphatic carbocycles. The van der Waals surface area contributed by atoms with Crippen LogP contribution in [0.1, 0.15) is 30.7 Å². The number of hydrogen-bond acceptors (Lipinski definition) is 7. The number of likely N-dealkylation sites (N-methyl/N-ethyl adjacent to an activating group) is 1. The minimum Gasteiger partial charge on any atom is -0.340 e. The maximum Gasteiger partial charge on any atom is 0.326 e. The number of urea groups is 1. The summed E-state index contributed by atoms with van der Waals surface area (Å²) in [5.41, 5.74) is 2.14. The van der Waals surface area contributed by atoms with Gasteiger partial charge in [0.25, 0.3) is 0 Å². The predicted octanol–water partition coefficient (Wildman–Crippen LogP) is 1.80. The highest BCUT2D eigenvalue weighted by molar-refractivity contribution is 6.01. The molecule has 10 heteroatoms. The monoisotopic (exact) mass is 468 g/mol. The van der Waals surface area contributed by atoms with Crippen molar-refractivity contribution >= 4 is 17.8 Å². The number of piperazine rings is 1. The normalized spacial score (nSPS) is 17.2. The van der Waals surface area contributed by atoms with E-state index in [4.69, 9.17) is 4.52 Å². The first-order valence-electron chi connectivity index (χ1n) is 11.9. The Labute approximate surface area is 199 Å². The smallest absolute Gasteiger partial charge is 0.326 e. The van der Waals surface area contributed by atoms with Crippen LogP contribution in [-0.2, 0) is 16.0 Å². The highest BCUT2D eigenvalue weighted by atomic mass is 16.5. The summed E-state index contributed by atoms with van der Waals surface area (Å²) in [6, 6.07) is 7.77. The number of carbonyl (C=O) groups excluding carboxylic acids is 3. The minimum atomic E-state index is -0.280. The summed E-state index contributed by atoms with van der Waals surface area (Å²) < 4.78 is 5.40. The zero-order valence-corrected chi connectivity index (χ0v) is 19.9. The molecule has 0 N–H and O–H groups in total. The number of imide groups is 1. The molecule has 2 aliphatic heterocycles. The second-order valence-corrected chi connectivity index (χ2v) is 8.99. The summed E-state index contributed by atoms with van der Waals surface area (Å²) in [6.07, 6.45) is 2.48. The first-order chi connectivity index (χ1) is 16.4. The average Bonchev–Trinajstić information content (AvgIpc) is 3.39. The summed E-state index contributed by atoms with van der Waals surface area (Å²) in [5.74, 6) is 1.15. The van der Waals surface area contributed by atoms with Crippen LogP contribution in [0.5, 0.6) is 0 Å². The number of rotatable bonds is 9. The van der Waals surface area contributed by atoms with Gasteiger partial charge in [-0.2, -0.15) is 4.98 Å². The van der Waals surface area contributed by atoms with Crippen molar-refractivity contribution in [3.63, 3.8) is 0 Å². The van der Waals surface area contributed by atoms with Gasteiger partial charge in [0.05, 0.1) is 0 Å². The van der Waals surface area contributed by atoms with Crippen LogP contribution in [0.25, 0.3) is 11.4 Å². The third-order valence-electron chi connectivity index (χ3n) is 6.37. The highest BCUT2D eigenvalue weighted by Crippen LogP contribution is 2.17. The zero-order chi connectivity index (χ0) is 24.1. The van der Waals surface area contributed by atoms with Crippen LogP contribution >= 0.6 is 0 Å². The van der Waals surface area contributed by atoms with E-state index in [2.05, 4.69) is 15.0 Å². The molecule has 3 heterocycles. The van der Waals surface area contributed by atoms with Crippen LogP contribution in [0.15, 0.2) is 28.8 Å². The van der Waals surface area contributed by atoms with Crippen molar-refractivity contribution in [2.75, 3.05) is 52.9 Å². The average molecular weight is 469 g/mol. The van der Waals surface area contributed by atoms with Crippen molar-refractivity contribution in [3.05, 3.63) is 35.7 Å². The van der Waals surface area contributed by atoms with E-state index < -0.39 is 0 Å². The van der Waals surface area contributed by atoms with E-state index in [9.17, 15) is 14.4 Å². The molecule has 2 saturated heterocycles. The van der Waals surface area contributed by atoms with E-state index in [-0.39, 0.29) is 24.4 Å². The van der Waals surface area contributed by atoms with Crippen LogP contribution in [0.4, 0.5) is 4.79 Å². The number of amides is 4. The molecular weight excluding hydrogens is 436 g/mol. The third kappa shape index (κ3) is 5.80. The van der Waals surface area contributed by atoms with Gasteiger partial charge in [-0.3, -0.25) is 19.4 Å². The maximum atomic E-state index is 12.5. The van der Waals surface area contributed by atoms with Gasteiger partial charge in [0.1, 0.15) is 6.54 Å². The Kier molecular flexibility index (Phi) is 7.56. The molecular formula is C24H32N6O4. The second kappa shape index (κ2) is 10.8. The molecule has 1 aromatic heterocycles. The number of nitrogens with zero attached hydrogens (tertiary/aromatic N) is 6. The first kappa shape index (κ1) is 23.9. The Balaban J connectivity index is 1.12. The number of hydrogen-bond donors (Lipinski definition) is 0. The van der Waals surface area contributed by atoms with E-state index in [0.717, 1.165) is 38.0 Å². The van der Waals surface area contributed by atoms with Crippen molar-refractivity contribution < 1.29 is 18.9 Å². The molecule has 1 aromatic carbocycles. The van der Waals surface area contributed by atoms with Crippen LogP contribution in [0.2, 0.25) is 0 Å². The summed E-state index contributed by atoms with van der Waals surface area (Å²) in [4.78, 5) is 47.6. The first-order valence-corrected chi connectivity index (χ1v) is 11.9. The Morgan fingerprint density at radius 3 is 2.44 bits per heavy atom. The lowest BCUT2D eigenvalue weighted by Gasteiger charge is -2.34. The van der Waals surface area contributed by atoms with Gasteiger partial charge in [-0.1, -0.05) is 35.0 Å². The van der Waals surface area contributed by atoms with E-state index in [1.807, 2.05) is 36.1 Å². The molecule has 0 spiro atoms. The largest absolute Gasteiger partial charge is 0.340 e. The van der Waals surface area contributed by atoms with Gasteiger partial charge < -0.3 is 14.3 Å². The standard InChI is InChI=1S/C24H32N6O4/c1-18-7-9-19(10-8-18)23-25-20(34-26-23)5-3-11-28-13-15-29(16-14-28)21(31)6-4-12-30-22(32)17-27(2)24(30)33/h7-10H,3-6,11-17H2,1-2H3. The SMILES string of the molecule is Cc1ccc(-c2noc(CCCN3CCN(C(=O)CCCN4C(=O)CN(C)C4=O)CC3)n2)cc1. The van der Waals surface area contributed by atoms with Crippen LogP contribution < -0.4 is 0 Å². The van der Waals surface area contributed by atoms with Crippen LogP contribution in [-0.4, -0.2) is 100 Å². The summed E-state index contributed by atoms with van der Waals surface area (Å²) >= 11 is 0. The molecule has 10 nitrogen and oxygen atoms in total. The van der Waals surface area contributed by atoms with Crippen molar-refractivity contribution in [2.45, 2.75) is 32.6 Å². The molecule has 0 radical (unpaired) electrons. The molecule has 4 rings (SSSR count). The maximum absolute atomic E-state index is 12.5. The number of carbonyl (C=O) groups is 3. The number of aryl methyl sites for hydroxylation is 2. The van der Waals surface area contributed by atoms with Gasteiger partial charge in [0.2, 0.25) is 23.5 Å². The molecule has 0 bridgehead atoms. The van der Waals surface area contributed by atoms with Gasteiger partial charge >= 0.3 is 6.03 Å². The lowest BCUT2D eigenvalue weighted by Crippen LogP contribution is -2.49. The molecule has 34 heavy (non-hydrogen) atoms. The fraction of sp³-hybridized carbons (Fsp3) is 0.542. The number of benzene rings is 1. The molecule has 0 unspecified atom stereocenters. The molecule has 0 saturated carbocycles. The summed E-state index contributed by atoms with van der Waals surface area (Å²) in [5, 5.41) is 4.09. The summed E-state index contributed by atoms with van der Waals surface area (Å²) in [7, 11) is 1.61. The van der Waals surface area contributed by atoms with Gasteiger partial charge in [-0.05, 0) is 26.3 Å². The van der Waals surface area contributed by atoms with Crippen molar-refractivity contribution in [1.29, 1.82) is 0 Å². The van der Waals surface area contributed by atoms with Crippen molar-refractivity contribution in [2.24, 2.45) is 0 Å². The summed E-state index contributed by atoms with van der Waals surface area (Å²) in [6.45, 7) is 6.43. The highest BCUT2D eigenvalue weighted by Gasteiger charge is 2.33. The van der Waals surface area contributed by atoms with E-state index in [0.29, 0.717) is 44.2 Å². The lowest BCUT2D eigenvalue weighted by molar-refractivity contribution is -0.133. The molecule has 2 fully saturated rings. The van der Waals surface area contributed by atoms with Crippen molar-refractivity contribution in [3.8, 4) is 11.4 Å². The third-order valence-corrected chi connectivity index (χ3v) is 6.37.